The molecule has 0 amide bonds. The predicted molar refractivity (Wildman–Crippen MR) is 110 cm³/mol. The quantitative estimate of drug-likeness (QED) is 0.282. The average molecular weight is 432 g/mol. The Hall–Kier alpha value is -2.67. The van der Waals surface area contributed by atoms with Gasteiger partial charge in [-0.25, -0.2) is 9.78 Å². The predicted octanol–water partition coefficient (Wildman–Crippen LogP) is 6.61. The van der Waals surface area contributed by atoms with Crippen molar-refractivity contribution < 1.29 is 18.7 Å². The Balaban J connectivity index is 1.64. The fourth-order valence-electron chi connectivity index (χ4n) is 2.51. The second-order valence-corrected chi connectivity index (χ2v) is 7.53. The third-order valence-electron chi connectivity index (χ3n) is 3.78. The Kier molecular flexibility index (Phi) is 5.17. The molecule has 0 aliphatic rings. The minimum atomic E-state index is -1.12. The van der Waals surface area contributed by atoms with E-state index in [4.69, 9.17) is 32.0 Å². The summed E-state index contributed by atoms with van der Waals surface area (Å²) in [4.78, 5) is 15.9. The number of benzene rings is 2. The number of rotatable bonds is 5. The lowest BCUT2D eigenvalue weighted by molar-refractivity contribution is -0.131. The molecule has 0 aliphatic heterocycles. The molecule has 1 N–H and O–H groups in total. The highest BCUT2D eigenvalue weighted by Gasteiger charge is 2.16. The lowest BCUT2D eigenvalue weighted by Crippen LogP contribution is -1.96. The van der Waals surface area contributed by atoms with Crippen molar-refractivity contribution in [3.63, 3.8) is 0 Å². The summed E-state index contributed by atoms with van der Waals surface area (Å²) in [5.41, 5.74) is 1.87. The molecule has 0 saturated heterocycles. The second kappa shape index (κ2) is 7.75. The number of para-hydroxylation sites is 2. The molecule has 2 heterocycles. The van der Waals surface area contributed by atoms with Gasteiger partial charge in [-0.2, -0.15) is 0 Å². The zero-order chi connectivity index (χ0) is 19.7. The van der Waals surface area contributed by atoms with E-state index in [9.17, 15) is 9.90 Å². The number of carboxylic acids is 1. The Bertz CT molecular complexity index is 1180. The summed E-state index contributed by atoms with van der Waals surface area (Å²) in [6.07, 6.45) is 1.41. The van der Waals surface area contributed by atoms with Crippen LogP contribution in [0, 0.1) is 0 Å². The third-order valence-corrected chi connectivity index (χ3v) is 5.20. The molecule has 5 nitrogen and oxygen atoms in total. The normalized spacial score (nSPS) is 11.9. The second-order valence-electron chi connectivity index (χ2n) is 5.69. The standard InChI is InChI=1S/C20H11Cl2NO4S/c21-11-5-7-14(22)13(9-11)16-8-6-12(26-16)10-18(19(24)25)28-20-23-15-3-1-2-4-17(15)27-20/h1-10H,(H,24,25)/b18-10-. The van der Waals surface area contributed by atoms with E-state index in [1.165, 1.54) is 6.08 Å². The smallest absolute Gasteiger partial charge is 0.342 e. The topological polar surface area (TPSA) is 76.5 Å². The first-order valence-electron chi connectivity index (χ1n) is 8.03. The lowest BCUT2D eigenvalue weighted by atomic mass is 10.2. The van der Waals surface area contributed by atoms with E-state index in [0.717, 1.165) is 11.8 Å². The minimum Gasteiger partial charge on any atom is -0.477 e. The molecule has 2 aromatic carbocycles. The first-order chi connectivity index (χ1) is 13.5. The van der Waals surface area contributed by atoms with E-state index in [-0.39, 0.29) is 10.1 Å². The highest BCUT2D eigenvalue weighted by atomic mass is 35.5. The van der Waals surface area contributed by atoms with Gasteiger partial charge in [-0.3, -0.25) is 0 Å². The maximum atomic E-state index is 11.7. The van der Waals surface area contributed by atoms with E-state index in [2.05, 4.69) is 4.98 Å². The van der Waals surface area contributed by atoms with E-state index < -0.39 is 5.97 Å². The van der Waals surface area contributed by atoms with Gasteiger partial charge in [-0.1, -0.05) is 35.3 Å². The Morgan fingerprint density at radius 1 is 1.07 bits per heavy atom. The number of aromatic nitrogens is 1. The van der Waals surface area contributed by atoms with Gasteiger partial charge in [0.25, 0.3) is 5.22 Å². The van der Waals surface area contributed by atoms with Crippen molar-refractivity contribution in [1.29, 1.82) is 0 Å². The number of aliphatic carboxylic acids is 1. The van der Waals surface area contributed by atoms with Crippen molar-refractivity contribution in [2.75, 3.05) is 0 Å². The van der Waals surface area contributed by atoms with Crippen LogP contribution in [0.5, 0.6) is 0 Å². The van der Waals surface area contributed by atoms with Crippen LogP contribution in [-0.2, 0) is 4.79 Å². The zero-order valence-corrected chi connectivity index (χ0v) is 16.4. The highest BCUT2D eigenvalue weighted by Crippen LogP contribution is 2.34. The third kappa shape index (κ3) is 3.94. The molecule has 0 fully saturated rings. The number of carbonyl (C=O) groups is 1. The van der Waals surface area contributed by atoms with Crippen molar-refractivity contribution in [3.05, 3.63) is 75.3 Å². The number of nitrogens with zero attached hydrogens (tertiary/aromatic N) is 1. The lowest BCUT2D eigenvalue weighted by Gasteiger charge is -2.01. The van der Waals surface area contributed by atoms with Crippen molar-refractivity contribution in [3.8, 4) is 11.3 Å². The maximum absolute atomic E-state index is 11.7. The molecular weight excluding hydrogens is 421 g/mol. The molecule has 2 aromatic heterocycles. The summed E-state index contributed by atoms with van der Waals surface area (Å²) >= 11 is 13.1. The number of fused-ring (bicyclic) bond motifs is 1. The number of carboxylic acid groups (broad SMARTS) is 1. The average Bonchev–Trinajstić information content (AvgIpc) is 3.29. The van der Waals surface area contributed by atoms with Gasteiger partial charge in [0.15, 0.2) is 5.58 Å². The van der Waals surface area contributed by atoms with E-state index in [1.807, 2.05) is 12.1 Å². The van der Waals surface area contributed by atoms with Gasteiger partial charge in [0.2, 0.25) is 0 Å². The van der Waals surface area contributed by atoms with Crippen LogP contribution in [0.2, 0.25) is 10.0 Å². The van der Waals surface area contributed by atoms with Gasteiger partial charge in [0.05, 0.1) is 5.02 Å². The first-order valence-corrected chi connectivity index (χ1v) is 9.60. The first kappa shape index (κ1) is 18.7. The fraction of sp³-hybridized carbons (Fsp3) is 0. The molecule has 0 unspecified atom stereocenters. The molecule has 0 aliphatic carbocycles. The SMILES string of the molecule is O=C(O)/C(=C/c1ccc(-c2cc(Cl)ccc2Cl)o1)Sc1nc2ccccc2o1. The summed E-state index contributed by atoms with van der Waals surface area (Å²) < 4.78 is 11.3. The Labute approximate surface area is 173 Å². The van der Waals surface area contributed by atoms with Crippen LogP contribution in [0.4, 0.5) is 0 Å². The van der Waals surface area contributed by atoms with Gasteiger partial charge in [-0.15, -0.1) is 0 Å². The van der Waals surface area contributed by atoms with Crippen molar-refractivity contribution in [2.45, 2.75) is 5.22 Å². The number of hydrogen-bond donors (Lipinski definition) is 1. The number of halogens is 2. The number of hydrogen-bond acceptors (Lipinski definition) is 5. The number of thioether (sulfide) groups is 1. The molecular formula is C20H11Cl2NO4S. The van der Waals surface area contributed by atoms with Gasteiger partial charge in [0, 0.05) is 16.7 Å². The molecule has 8 heteroatoms. The van der Waals surface area contributed by atoms with Crippen LogP contribution >= 0.6 is 35.0 Å². The summed E-state index contributed by atoms with van der Waals surface area (Å²) in [6.45, 7) is 0. The number of furan rings is 1. The van der Waals surface area contributed by atoms with Crippen LogP contribution < -0.4 is 0 Å². The van der Waals surface area contributed by atoms with Gasteiger partial charge < -0.3 is 13.9 Å². The molecule has 0 saturated carbocycles. The van der Waals surface area contributed by atoms with Crippen LogP contribution in [-0.4, -0.2) is 16.1 Å². The van der Waals surface area contributed by atoms with Crippen LogP contribution in [0.3, 0.4) is 0 Å². The maximum Gasteiger partial charge on any atom is 0.342 e. The van der Waals surface area contributed by atoms with Gasteiger partial charge in [-0.05, 0) is 54.2 Å². The molecule has 28 heavy (non-hydrogen) atoms. The molecule has 0 atom stereocenters. The Morgan fingerprint density at radius 3 is 2.68 bits per heavy atom. The molecule has 0 spiro atoms. The minimum absolute atomic E-state index is 0.00430. The molecule has 0 bridgehead atoms. The molecule has 140 valence electrons. The van der Waals surface area contributed by atoms with Gasteiger partial charge in [0.1, 0.15) is 21.9 Å². The van der Waals surface area contributed by atoms with E-state index in [1.54, 1.807) is 42.5 Å². The molecule has 0 radical (unpaired) electrons. The number of oxazole rings is 1. The van der Waals surface area contributed by atoms with Crippen LogP contribution in [0.1, 0.15) is 5.76 Å². The largest absolute Gasteiger partial charge is 0.477 e. The Morgan fingerprint density at radius 2 is 1.89 bits per heavy atom. The van der Waals surface area contributed by atoms with Crippen LogP contribution in [0.15, 0.2) is 73.6 Å². The fourth-order valence-corrected chi connectivity index (χ4v) is 3.62. The summed E-state index contributed by atoms with van der Waals surface area (Å²) in [5, 5.41) is 10.8. The molecule has 4 aromatic rings. The van der Waals surface area contributed by atoms with Crippen LogP contribution in [0.25, 0.3) is 28.5 Å². The summed E-state index contributed by atoms with van der Waals surface area (Å²) in [7, 11) is 0. The summed E-state index contributed by atoms with van der Waals surface area (Å²) in [5.74, 6) is -0.284. The van der Waals surface area contributed by atoms with E-state index in [0.29, 0.717) is 38.2 Å². The van der Waals surface area contributed by atoms with E-state index >= 15 is 0 Å². The molecule has 4 rings (SSSR count). The summed E-state index contributed by atoms with van der Waals surface area (Å²) in [6, 6.07) is 15.6. The monoisotopic (exact) mass is 431 g/mol. The van der Waals surface area contributed by atoms with Crippen molar-refractivity contribution >= 4 is 58.1 Å². The highest BCUT2D eigenvalue weighted by molar-refractivity contribution is 8.03. The van der Waals surface area contributed by atoms with Gasteiger partial charge >= 0.3 is 5.97 Å². The van der Waals surface area contributed by atoms with Crippen molar-refractivity contribution in [2.24, 2.45) is 0 Å². The zero-order valence-electron chi connectivity index (χ0n) is 14.1. The van der Waals surface area contributed by atoms with Crippen molar-refractivity contribution in [1.82, 2.24) is 4.98 Å².